The van der Waals surface area contributed by atoms with Gasteiger partial charge in [0.1, 0.15) is 11.2 Å². The van der Waals surface area contributed by atoms with Crippen molar-refractivity contribution in [3.05, 3.63) is 259 Å². The second-order valence-electron chi connectivity index (χ2n) is 17.8. The van der Waals surface area contributed by atoms with Gasteiger partial charge in [-0.15, -0.1) is 0 Å². The Hall–Kier alpha value is -8.99. The highest BCUT2D eigenvalue weighted by Gasteiger charge is 2.52. The fourth-order valence-electron chi connectivity index (χ4n) is 11.3. The van der Waals surface area contributed by atoms with Crippen LogP contribution < -0.4 is 0 Å². The maximum Gasteiger partial charge on any atom is 0.164 e. The van der Waals surface area contributed by atoms with Crippen LogP contribution in [0.25, 0.3) is 112 Å². The van der Waals surface area contributed by atoms with Crippen LogP contribution in [0.15, 0.2) is 241 Å². The van der Waals surface area contributed by atoms with Crippen molar-refractivity contribution < 1.29 is 4.42 Å². The molecule has 0 atom stereocenters. The van der Waals surface area contributed by atoms with E-state index >= 15 is 0 Å². The largest absolute Gasteiger partial charge is 0.456 e. The number of hydrogen-bond donors (Lipinski definition) is 0. The van der Waals surface area contributed by atoms with E-state index in [-0.39, 0.29) is 0 Å². The van der Waals surface area contributed by atoms with E-state index in [2.05, 4.69) is 212 Å². The van der Waals surface area contributed by atoms with Gasteiger partial charge in [-0.25, -0.2) is 15.0 Å². The van der Waals surface area contributed by atoms with Crippen LogP contribution in [0.3, 0.4) is 0 Å². The Morgan fingerprint density at radius 3 is 1.32 bits per heavy atom. The second-order valence-corrected chi connectivity index (χ2v) is 17.8. The van der Waals surface area contributed by atoms with Gasteiger partial charge in [-0.1, -0.05) is 206 Å². The minimum absolute atomic E-state index is 0.485. The first-order valence-corrected chi connectivity index (χ1v) is 23.2. The van der Waals surface area contributed by atoms with E-state index in [4.69, 9.17) is 19.4 Å². The highest BCUT2D eigenvalue weighted by molar-refractivity contribution is 6.13. The van der Waals surface area contributed by atoms with Crippen molar-refractivity contribution in [1.29, 1.82) is 0 Å². The summed E-state index contributed by atoms with van der Waals surface area (Å²) in [5.41, 5.74) is 20.9. The first-order valence-electron chi connectivity index (χ1n) is 23.2. The van der Waals surface area contributed by atoms with Crippen LogP contribution in [0.2, 0.25) is 0 Å². The quantitative estimate of drug-likeness (QED) is 0.167. The van der Waals surface area contributed by atoms with E-state index in [0.29, 0.717) is 17.5 Å². The van der Waals surface area contributed by atoms with Crippen molar-refractivity contribution in [2.45, 2.75) is 5.41 Å². The zero-order chi connectivity index (χ0) is 44.8. The topological polar surface area (TPSA) is 51.8 Å². The molecule has 0 unspecified atom stereocenters. The molecular weight excluding hydrogens is 827 g/mol. The minimum Gasteiger partial charge on any atom is -0.456 e. The molecule has 2 heterocycles. The zero-order valence-corrected chi connectivity index (χ0v) is 36.8. The standard InChI is InChI=1S/C64H39N3O/c1-3-17-40(18-4-1)42-21-13-23-45(37-42)61-65-62(46-24-14-22-43(38-46)41-19-5-2-6-20-41)67-63(66-61)52-30-16-34-58-59(52)53-39-44(35-36-57(53)68-58)47-28-15-29-51-50-27-9-12-33-56(50)64(60(47)51)54-31-10-7-25-48(54)49-26-8-11-32-55(49)64/h1-39H. The lowest BCUT2D eigenvalue weighted by atomic mass is 9.68. The van der Waals surface area contributed by atoms with Gasteiger partial charge in [-0.3, -0.25) is 0 Å². The van der Waals surface area contributed by atoms with Crippen molar-refractivity contribution in [1.82, 2.24) is 15.0 Å². The molecule has 2 aliphatic carbocycles. The van der Waals surface area contributed by atoms with Crippen molar-refractivity contribution in [3.8, 4) is 89.8 Å². The maximum absolute atomic E-state index is 6.72. The summed E-state index contributed by atoms with van der Waals surface area (Å²) in [4.78, 5) is 15.9. The van der Waals surface area contributed by atoms with Gasteiger partial charge in [-0.2, -0.15) is 0 Å². The molecule has 0 bridgehead atoms. The average molecular weight is 866 g/mol. The van der Waals surface area contributed by atoms with E-state index in [0.717, 1.165) is 66.4 Å². The Bertz CT molecular complexity index is 3820. The maximum atomic E-state index is 6.72. The van der Waals surface area contributed by atoms with Crippen LogP contribution in [-0.4, -0.2) is 15.0 Å². The van der Waals surface area contributed by atoms with E-state index in [1.807, 2.05) is 24.3 Å². The summed E-state index contributed by atoms with van der Waals surface area (Å²) in [5.74, 6) is 1.77. The lowest BCUT2D eigenvalue weighted by Gasteiger charge is -2.32. The summed E-state index contributed by atoms with van der Waals surface area (Å²) in [5, 5.41) is 1.97. The van der Waals surface area contributed by atoms with Gasteiger partial charge in [0, 0.05) is 27.5 Å². The van der Waals surface area contributed by atoms with Crippen molar-refractivity contribution >= 4 is 21.9 Å². The highest BCUT2D eigenvalue weighted by atomic mass is 16.3. The monoisotopic (exact) mass is 865 g/mol. The highest BCUT2D eigenvalue weighted by Crippen LogP contribution is 2.64. The lowest BCUT2D eigenvalue weighted by molar-refractivity contribution is 0.669. The van der Waals surface area contributed by atoms with Gasteiger partial charge in [0.05, 0.1) is 5.41 Å². The van der Waals surface area contributed by atoms with Gasteiger partial charge in [0.15, 0.2) is 17.5 Å². The molecule has 68 heavy (non-hydrogen) atoms. The summed E-state index contributed by atoms with van der Waals surface area (Å²) in [7, 11) is 0. The molecule has 4 nitrogen and oxygen atoms in total. The molecule has 0 saturated carbocycles. The second kappa shape index (κ2) is 15.0. The predicted octanol–water partition coefficient (Wildman–Crippen LogP) is 16.1. The van der Waals surface area contributed by atoms with Crippen LogP contribution >= 0.6 is 0 Å². The molecule has 4 heteroatoms. The number of furan rings is 1. The van der Waals surface area contributed by atoms with Crippen LogP contribution in [-0.2, 0) is 5.41 Å². The molecular formula is C64H39N3O. The Labute approximate surface area is 393 Å². The number of hydrogen-bond acceptors (Lipinski definition) is 4. The van der Waals surface area contributed by atoms with Crippen molar-refractivity contribution in [2.75, 3.05) is 0 Å². The Kier molecular flexibility index (Phi) is 8.46. The number of benzene rings is 10. The van der Waals surface area contributed by atoms with Gasteiger partial charge >= 0.3 is 0 Å². The molecule has 0 radical (unpaired) electrons. The Morgan fingerprint density at radius 1 is 0.279 bits per heavy atom. The first-order chi connectivity index (χ1) is 33.7. The molecule has 0 fully saturated rings. The van der Waals surface area contributed by atoms with Gasteiger partial charge < -0.3 is 4.42 Å². The van der Waals surface area contributed by atoms with Crippen LogP contribution in [0.5, 0.6) is 0 Å². The van der Waals surface area contributed by atoms with Crippen molar-refractivity contribution in [3.63, 3.8) is 0 Å². The summed E-state index contributed by atoms with van der Waals surface area (Å²) in [6.45, 7) is 0. The molecule has 0 N–H and O–H groups in total. The number of rotatable bonds is 6. The molecule has 12 aromatic rings. The molecule has 0 amide bonds. The van der Waals surface area contributed by atoms with Gasteiger partial charge in [-0.05, 0) is 108 Å². The first kappa shape index (κ1) is 38.3. The molecule has 1 spiro atoms. The number of nitrogens with zero attached hydrogens (tertiary/aromatic N) is 3. The SMILES string of the molecule is c1ccc(-c2cccc(-c3nc(-c4cccc(-c5ccccc5)c4)nc(-c4cccc5oc6ccc(-c7cccc8c7C7(c9ccccc9-c9ccccc97)c7ccccc7-8)cc6c45)n3)c2)cc1. The zero-order valence-electron chi connectivity index (χ0n) is 36.8. The molecule has 14 rings (SSSR count). The summed E-state index contributed by atoms with van der Waals surface area (Å²) in [6, 6.07) is 84.5. The average Bonchev–Trinajstić information content (AvgIpc) is 4.05. The lowest BCUT2D eigenvalue weighted by Crippen LogP contribution is -2.26. The fraction of sp³-hybridized carbons (Fsp3) is 0.0156. The normalized spacial score (nSPS) is 12.8. The fourth-order valence-corrected chi connectivity index (χ4v) is 11.3. The Balaban J connectivity index is 0.983. The molecule has 0 aliphatic heterocycles. The van der Waals surface area contributed by atoms with Gasteiger partial charge in [0.2, 0.25) is 0 Å². The van der Waals surface area contributed by atoms with Crippen molar-refractivity contribution in [2.24, 2.45) is 0 Å². The van der Waals surface area contributed by atoms with E-state index in [1.165, 1.54) is 50.1 Å². The molecule has 2 aromatic heterocycles. The number of fused-ring (bicyclic) bond motifs is 13. The molecule has 0 saturated heterocycles. The third kappa shape index (κ3) is 5.71. The third-order valence-corrected chi connectivity index (χ3v) is 14.2. The van der Waals surface area contributed by atoms with Gasteiger partial charge in [0.25, 0.3) is 0 Å². The van der Waals surface area contributed by atoms with Crippen LogP contribution in [0.1, 0.15) is 22.3 Å². The molecule has 316 valence electrons. The summed E-state index contributed by atoms with van der Waals surface area (Å²) < 4.78 is 6.72. The van der Waals surface area contributed by atoms with E-state index in [1.54, 1.807) is 0 Å². The molecule has 10 aromatic carbocycles. The number of aromatic nitrogens is 3. The molecule has 2 aliphatic rings. The van der Waals surface area contributed by atoms with Crippen LogP contribution in [0.4, 0.5) is 0 Å². The van der Waals surface area contributed by atoms with Crippen LogP contribution in [0, 0.1) is 0 Å². The summed E-state index contributed by atoms with van der Waals surface area (Å²) in [6.07, 6.45) is 0. The van der Waals surface area contributed by atoms with E-state index in [9.17, 15) is 0 Å². The smallest absolute Gasteiger partial charge is 0.164 e. The van der Waals surface area contributed by atoms with E-state index < -0.39 is 5.41 Å². The summed E-state index contributed by atoms with van der Waals surface area (Å²) >= 11 is 0. The third-order valence-electron chi connectivity index (χ3n) is 14.2. The Morgan fingerprint density at radius 2 is 0.721 bits per heavy atom. The predicted molar refractivity (Wildman–Crippen MR) is 276 cm³/mol. The minimum atomic E-state index is -0.485.